The van der Waals surface area contributed by atoms with Crippen LogP contribution in [0, 0.1) is 0 Å². The van der Waals surface area contributed by atoms with Crippen LogP contribution in [-0.4, -0.2) is 31.7 Å². The Balaban J connectivity index is 2.75. The van der Waals surface area contributed by atoms with Crippen molar-refractivity contribution in [1.29, 1.82) is 0 Å². The molecule has 21 heavy (non-hydrogen) atoms. The van der Waals surface area contributed by atoms with Crippen LogP contribution in [0.1, 0.15) is 18.9 Å². The molecule has 0 radical (unpaired) electrons. The first kappa shape index (κ1) is 17.7. The zero-order valence-electron chi connectivity index (χ0n) is 11.3. The highest BCUT2D eigenvalue weighted by Gasteiger charge is 2.16. The smallest absolute Gasteiger partial charge is 0.306 e. The van der Waals surface area contributed by atoms with E-state index in [-0.39, 0.29) is 34.5 Å². The largest absolute Gasteiger partial charge is 0.466 e. The van der Waals surface area contributed by atoms with Crippen molar-refractivity contribution in [3.05, 3.63) is 28.8 Å². The molecule has 6 nitrogen and oxygen atoms in total. The minimum Gasteiger partial charge on any atom is -0.466 e. The van der Waals surface area contributed by atoms with E-state index < -0.39 is 16.0 Å². The van der Waals surface area contributed by atoms with Gasteiger partial charge in [-0.2, -0.15) is 0 Å². The summed E-state index contributed by atoms with van der Waals surface area (Å²) in [6.45, 7) is 1.85. The highest BCUT2D eigenvalue weighted by Crippen LogP contribution is 2.24. The average Bonchev–Trinajstić information content (AvgIpc) is 2.39. The van der Waals surface area contributed by atoms with E-state index >= 15 is 0 Å². The molecule has 1 aromatic rings. The van der Waals surface area contributed by atoms with Gasteiger partial charge in [-0.1, -0.05) is 23.8 Å². The Bertz CT molecular complexity index is 647. The van der Waals surface area contributed by atoms with Crippen LogP contribution in [0.5, 0.6) is 0 Å². The van der Waals surface area contributed by atoms with E-state index in [1.54, 1.807) is 13.0 Å². The van der Waals surface area contributed by atoms with Gasteiger partial charge in [0, 0.05) is 5.56 Å². The number of carbonyl (C=O) groups is 1. The number of halogens is 1. The summed E-state index contributed by atoms with van der Waals surface area (Å²) in [6.07, 6.45) is -0.230. The topological polar surface area (TPSA) is 98.5 Å². The van der Waals surface area contributed by atoms with Gasteiger partial charge >= 0.3 is 5.97 Å². The summed E-state index contributed by atoms with van der Waals surface area (Å²) >= 11 is 10.8. The number of carbonyl (C=O) groups excluding carboxylic acids is 1. The maximum atomic E-state index is 11.9. The molecule has 0 amide bonds. The Morgan fingerprint density at radius 2 is 2.14 bits per heavy atom. The maximum Gasteiger partial charge on any atom is 0.306 e. The van der Waals surface area contributed by atoms with Gasteiger partial charge in [-0.3, -0.25) is 9.52 Å². The molecule has 0 saturated heterocycles. The number of thiocarbonyl (C=S) groups is 1. The molecule has 1 rings (SSSR count). The minimum absolute atomic E-state index is 0.161. The molecule has 0 aromatic heterocycles. The summed E-state index contributed by atoms with van der Waals surface area (Å²) in [5.41, 5.74) is 6.18. The zero-order chi connectivity index (χ0) is 16.0. The monoisotopic (exact) mass is 350 g/mol. The van der Waals surface area contributed by atoms with E-state index in [1.807, 2.05) is 0 Å². The first-order valence-corrected chi connectivity index (χ1v) is 8.44. The molecular weight excluding hydrogens is 336 g/mol. The lowest BCUT2D eigenvalue weighted by Gasteiger charge is -2.10. The fourth-order valence-electron chi connectivity index (χ4n) is 1.42. The number of rotatable bonds is 7. The zero-order valence-corrected chi connectivity index (χ0v) is 13.6. The van der Waals surface area contributed by atoms with Crippen molar-refractivity contribution in [3.8, 4) is 0 Å². The Morgan fingerprint density at radius 3 is 2.67 bits per heavy atom. The van der Waals surface area contributed by atoms with Crippen LogP contribution in [0.2, 0.25) is 5.02 Å². The molecular formula is C12H15ClN2O4S2. The van der Waals surface area contributed by atoms with E-state index in [0.717, 1.165) is 0 Å². The van der Waals surface area contributed by atoms with Crippen molar-refractivity contribution in [2.24, 2.45) is 5.73 Å². The standard InChI is InChI=1S/C12H15ClN2O4S2/c1-2-19-11(16)5-6-21(17,18)15-10-4-3-8(12(14)20)7-9(10)13/h3-4,7,15H,2,5-6H2,1H3,(H2,14,20). The van der Waals surface area contributed by atoms with Crippen molar-refractivity contribution in [3.63, 3.8) is 0 Å². The van der Waals surface area contributed by atoms with Gasteiger partial charge in [0.05, 0.1) is 29.5 Å². The lowest BCUT2D eigenvalue weighted by molar-refractivity contribution is -0.142. The van der Waals surface area contributed by atoms with Crippen molar-refractivity contribution >= 4 is 50.5 Å². The first-order chi connectivity index (χ1) is 9.75. The van der Waals surface area contributed by atoms with Crippen molar-refractivity contribution in [2.45, 2.75) is 13.3 Å². The molecule has 116 valence electrons. The summed E-state index contributed by atoms with van der Waals surface area (Å²) in [6, 6.07) is 4.48. The molecule has 1 aromatic carbocycles. The first-order valence-electron chi connectivity index (χ1n) is 6.00. The summed E-state index contributed by atoms with van der Waals surface area (Å²) in [4.78, 5) is 11.3. The average molecular weight is 351 g/mol. The van der Waals surface area contributed by atoms with Gasteiger partial charge in [0.15, 0.2) is 0 Å². The van der Waals surface area contributed by atoms with Crippen LogP contribution < -0.4 is 10.5 Å². The van der Waals surface area contributed by atoms with Crippen molar-refractivity contribution in [2.75, 3.05) is 17.1 Å². The Labute approximate surface area is 133 Å². The second-order valence-corrected chi connectivity index (χ2v) is 6.72. The summed E-state index contributed by atoms with van der Waals surface area (Å²) in [7, 11) is -3.70. The Hall–Kier alpha value is -1.38. The lowest BCUT2D eigenvalue weighted by Crippen LogP contribution is -2.20. The number of esters is 1. The van der Waals surface area contributed by atoms with Crippen LogP contribution in [0.3, 0.4) is 0 Å². The molecule has 0 saturated carbocycles. The second-order valence-electron chi connectivity index (χ2n) is 4.03. The van der Waals surface area contributed by atoms with E-state index in [1.165, 1.54) is 12.1 Å². The van der Waals surface area contributed by atoms with Gasteiger partial charge < -0.3 is 10.5 Å². The highest BCUT2D eigenvalue weighted by atomic mass is 35.5. The van der Waals surface area contributed by atoms with Crippen LogP contribution in [0.15, 0.2) is 18.2 Å². The summed E-state index contributed by atoms with van der Waals surface area (Å²) < 4.78 is 30.7. The fourth-order valence-corrected chi connectivity index (χ4v) is 2.88. The van der Waals surface area contributed by atoms with Gasteiger partial charge in [0.1, 0.15) is 4.99 Å². The second kappa shape index (κ2) is 7.58. The van der Waals surface area contributed by atoms with Crippen molar-refractivity contribution in [1.82, 2.24) is 0 Å². The van der Waals surface area contributed by atoms with Gasteiger partial charge in [-0.25, -0.2) is 8.42 Å². The van der Waals surface area contributed by atoms with Crippen molar-refractivity contribution < 1.29 is 17.9 Å². The third-order valence-electron chi connectivity index (χ3n) is 2.40. The molecule has 0 aliphatic heterocycles. The molecule has 9 heteroatoms. The quantitative estimate of drug-likeness (QED) is 0.573. The minimum atomic E-state index is -3.70. The number of sulfonamides is 1. The van der Waals surface area contributed by atoms with Gasteiger partial charge in [-0.05, 0) is 25.1 Å². The van der Waals surface area contributed by atoms with Crippen LogP contribution in [0.25, 0.3) is 0 Å². The third-order valence-corrected chi connectivity index (χ3v) is 4.22. The molecule has 0 aliphatic carbocycles. The van der Waals surface area contributed by atoms with Gasteiger partial charge in [0.2, 0.25) is 10.0 Å². The number of hydrogen-bond acceptors (Lipinski definition) is 5. The number of hydrogen-bond donors (Lipinski definition) is 2. The normalized spacial score (nSPS) is 11.0. The molecule has 0 heterocycles. The maximum absolute atomic E-state index is 11.9. The number of nitrogens with one attached hydrogen (secondary N) is 1. The summed E-state index contributed by atoms with van der Waals surface area (Å²) in [5, 5.41) is 0.167. The molecule has 0 bridgehead atoms. The van der Waals surface area contributed by atoms with Crippen LogP contribution >= 0.6 is 23.8 Å². The van der Waals surface area contributed by atoms with E-state index in [4.69, 9.17) is 29.6 Å². The number of anilines is 1. The Kier molecular flexibility index (Phi) is 6.38. The predicted molar refractivity (Wildman–Crippen MR) is 86.0 cm³/mol. The molecule has 0 spiro atoms. The summed E-state index contributed by atoms with van der Waals surface area (Å²) in [5.74, 6) is -0.961. The van der Waals surface area contributed by atoms with E-state index in [0.29, 0.717) is 5.56 Å². The molecule has 0 aliphatic rings. The van der Waals surface area contributed by atoms with Crippen LogP contribution in [-0.2, 0) is 19.6 Å². The molecule has 0 unspecified atom stereocenters. The van der Waals surface area contributed by atoms with E-state index in [2.05, 4.69) is 9.46 Å². The molecule has 0 fully saturated rings. The SMILES string of the molecule is CCOC(=O)CCS(=O)(=O)Nc1ccc(C(N)=S)cc1Cl. The predicted octanol–water partition coefficient (Wildman–Crippen LogP) is 1.67. The highest BCUT2D eigenvalue weighted by molar-refractivity contribution is 7.92. The lowest BCUT2D eigenvalue weighted by atomic mass is 10.2. The number of nitrogens with two attached hydrogens (primary N) is 1. The van der Waals surface area contributed by atoms with Gasteiger partial charge in [0.25, 0.3) is 0 Å². The number of ether oxygens (including phenoxy) is 1. The van der Waals surface area contributed by atoms with E-state index in [9.17, 15) is 13.2 Å². The van der Waals surface area contributed by atoms with Crippen LogP contribution in [0.4, 0.5) is 5.69 Å². The fraction of sp³-hybridized carbons (Fsp3) is 0.333. The number of benzene rings is 1. The Morgan fingerprint density at radius 1 is 1.48 bits per heavy atom. The molecule has 0 atom stereocenters. The van der Waals surface area contributed by atoms with Gasteiger partial charge in [-0.15, -0.1) is 0 Å². The molecule has 3 N–H and O–H groups in total. The third kappa shape index (κ3) is 5.86.